The van der Waals surface area contributed by atoms with Gasteiger partial charge in [0.1, 0.15) is 5.82 Å². The third kappa shape index (κ3) is 2.11. The maximum Gasteiger partial charge on any atom is 0.162 e. The van der Waals surface area contributed by atoms with Crippen molar-refractivity contribution in [2.24, 2.45) is 0 Å². The van der Waals surface area contributed by atoms with Crippen molar-refractivity contribution in [1.82, 2.24) is 9.97 Å². The van der Waals surface area contributed by atoms with Crippen LogP contribution in [-0.4, -0.2) is 24.2 Å². The van der Waals surface area contributed by atoms with Crippen LogP contribution in [0.1, 0.15) is 37.2 Å². The number of ether oxygens (including phenoxy) is 2. The first-order chi connectivity index (χ1) is 9.26. The second kappa shape index (κ2) is 4.68. The number of aryl methyl sites for hydroxylation is 1. The van der Waals surface area contributed by atoms with E-state index in [2.05, 4.69) is 11.9 Å². The third-order valence-corrected chi connectivity index (χ3v) is 3.57. The van der Waals surface area contributed by atoms with Gasteiger partial charge in [-0.05, 0) is 25.3 Å². The number of benzene rings is 1. The van der Waals surface area contributed by atoms with Crippen molar-refractivity contribution >= 4 is 10.9 Å². The molecule has 1 aromatic carbocycles. The minimum Gasteiger partial charge on any atom is -0.493 e. The zero-order valence-electron chi connectivity index (χ0n) is 11.6. The van der Waals surface area contributed by atoms with Gasteiger partial charge in [0.05, 0.1) is 25.4 Å². The highest BCUT2D eigenvalue weighted by atomic mass is 16.5. The van der Waals surface area contributed by atoms with Crippen LogP contribution >= 0.6 is 0 Å². The molecule has 19 heavy (non-hydrogen) atoms. The SMILES string of the molecule is CCc1nc(C2CC2)nc2cc(OC)c(OC)cc12. The molecule has 3 rings (SSSR count). The molecule has 1 heterocycles. The Balaban J connectivity index is 2.23. The summed E-state index contributed by atoms with van der Waals surface area (Å²) in [4.78, 5) is 9.39. The minimum atomic E-state index is 0.558. The Bertz CT molecular complexity index is 621. The molecule has 1 aliphatic rings. The molecule has 0 N–H and O–H groups in total. The highest BCUT2D eigenvalue weighted by Crippen LogP contribution is 2.40. The van der Waals surface area contributed by atoms with E-state index in [1.165, 1.54) is 12.8 Å². The van der Waals surface area contributed by atoms with E-state index in [0.29, 0.717) is 5.92 Å². The van der Waals surface area contributed by atoms with Gasteiger partial charge in [-0.1, -0.05) is 6.92 Å². The van der Waals surface area contributed by atoms with E-state index in [1.54, 1.807) is 14.2 Å². The summed E-state index contributed by atoms with van der Waals surface area (Å²) in [6.07, 6.45) is 3.32. The lowest BCUT2D eigenvalue weighted by Crippen LogP contribution is -2.00. The van der Waals surface area contributed by atoms with Crippen molar-refractivity contribution in [2.45, 2.75) is 32.1 Å². The van der Waals surface area contributed by atoms with Crippen LogP contribution in [0.15, 0.2) is 12.1 Å². The highest BCUT2D eigenvalue weighted by Gasteiger charge is 2.27. The molecular weight excluding hydrogens is 240 g/mol. The summed E-state index contributed by atoms with van der Waals surface area (Å²) in [5, 5.41) is 1.06. The van der Waals surface area contributed by atoms with E-state index in [4.69, 9.17) is 14.5 Å². The molecule has 0 unspecified atom stereocenters. The molecule has 0 radical (unpaired) electrons. The zero-order chi connectivity index (χ0) is 13.4. The molecule has 4 nitrogen and oxygen atoms in total. The van der Waals surface area contributed by atoms with Crippen LogP contribution in [0.2, 0.25) is 0 Å². The largest absolute Gasteiger partial charge is 0.493 e. The van der Waals surface area contributed by atoms with E-state index in [-0.39, 0.29) is 0 Å². The Labute approximate surface area is 112 Å². The molecular formula is C15H18N2O2. The summed E-state index contributed by atoms with van der Waals surface area (Å²) < 4.78 is 10.7. The number of hydrogen-bond donors (Lipinski definition) is 0. The van der Waals surface area contributed by atoms with E-state index in [9.17, 15) is 0 Å². The topological polar surface area (TPSA) is 44.2 Å². The fourth-order valence-electron chi connectivity index (χ4n) is 2.33. The molecule has 4 heteroatoms. The molecule has 0 spiro atoms. The average molecular weight is 258 g/mol. The van der Waals surface area contributed by atoms with Gasteiger partial charge in [0.2, 0.25) is 0 Å². The van der Waals surface area contributed by atoms with Gasteiger partial charge in [0, 0.05) is 17.4 Å². The summed E-state index contributed by atoms with van der Waals surface area (Å²) in [5.74, 6) is 2.99. The fourth-order valence-corrected chi connectivity index (χ4v) is 2.33. The number of aromatic nitrogens is 2. The lowest BCUT2D eigenvalue weighted by molar-refractivity contribution is 0.355. The van der Waals surface area contributed by atoms with E-state index in [0.717, 1.165) is 40.3 Å². The van der Waals surface area contributed by atoms with Crippen molar-refractivity contribution < 1.29 is 9.47 Å². The normalized spacial score (nSPS) is 14.7. The van der Waals surface area contributed by atoms with E-state index in [1.807, 2.05) is 12.1 Å². The van der Waals surface area contributed by atoms with Crippen LogP contribution in [0.25, 0.3) is 10.9 Å². The second-order valence-electron chi connectivity index (χ2n) is 4.88. The molecule has 1 aliphatic carbocycles. The fraction of sp³-hybridized carbons (Fsp3) is 0.467. The molecule has 1 aromatic heterocycles. The van der Waals surface area contributed by atoms with Crippen LogP contribution < -0.4 is 9.47 Å². The molecule has 0 atom stereocenters. The Morgan fingerprint density at radius 2 is 1.79 bits per heavy atom. The van der Waals surface area contributed by atoms with Gasteiger partial charge >= 0.3 is 0 Å². The van der Waals surface area contributed by atoms with Crippen molar-refractivity contribution in [3.63, 3.8) is 0 Å². The smallest absolute Gasteiger partial charge is 0.162 e. The predicted molar refractivity (Wildman–Crippen MR) is 74.0 cm³/mol. The lowest BCUT2D eigenvalue weighted by Gasteiger charge is -2.11. The van der Waals surface area contributed by atoms with Gasteiger partial charge < -0.3 is 9.47 Å². The van der Waals surface area contributed by atoms with Crippen molar-refractivity contribution in [3.05, 3.63) is 23.7 Å². The number of fused-ring (bicyclic) bond motifs is 1. The zero-order valence-corrected chi connectivity index (χ0v) is 11.6. The van der Waals surface area contributed by atoms with Gasteiger partial charge in [0.15, 0.2) is 11.5 Å². The van der Waals surface area contributed by atoms with Crippen LogP contribution in [0.5, 0.6) is 11.5 Å². The van der Waals surface area contributed by atoms with Gasteiger partial charge in [-0.2, -0.15) is 0 Å². The summed E-state index contributed by atoms with van der Waals surface area (Å²) in [5.41, 5.74) is 2.04. The van der Waals surface area contributed by atoms with E-state index < -0.39 is 0 Å². The first kappa shape index (κ1) is 12.2. The summed E-state index contributed by atoms with van der Waals surface area (Å²) in [6, 6.07) is 3.92. The number of methoxy groups -OCH3 is 2. The molecule has 1 fully saturated rings. The Hall–Kier alpha value is -1.84. The van der Waals surface area contributed by atoms with Gasteiger partial charge in [-0.15, -0.1) is 0 Å². The van der Waals surface area contributed by atoms with Gasteiger partial charge in [-0.25, -0.2) is 9.97 Å². The molecule has 2 aromatic rings. The molecule has 1 saturated carbocycles. The van der Waals surface area contributed by atoms with Crippen LogP contribution in [0.3, 0.4) is 0 Å². The summed E-state index contributed by atoms with van der Waals surface area (Å²) >= 11 is 0. The van der Waals surface area contributed by atoms with Crippen molar-refractivity contribution in [2.75, 3.05) is 14.2 Å². The molecule has 0 amide bonds. The maximum absolute atomic E-state index is 5.35. The summed E-state index contributed by atoms with van der Waals surface area (Å²) in [7, 11) is 3.29. The lowest BCUT2D eigenvalue weighted by atomic mass is 10.1. The first-order valence-corrected chi connectivity index (χ1v) is 6.69. The molecule has 0 bridgehead atoms. The molecule has 0 saturated heterocycles. The van der Waals surface area contributed by atoms with Crippen LogP contribution in [0, 0.1) is 0 Å². The van der Waals surface area contributed by atoms with E-state index >= 15 is 0 Å². The van der Waals surface area contributed by atoms with Gasteiger partial charge in [-0.3, -0.25) is 0 Å². The minimum absolute atomic E-state index is 0.558. The quantitative estimate of drug-likeness (QED) is 0.845. The Morgan fingerprint density at radius 1 is 1.11 bits per heavy atom. The second-order valence-corrected chi connectivity index (χ2v) is 4.88. The van der Waals surface area contributed by atoms with Crippen molar-refractivity contribution in [1.29, 1.82) is 0 Å². The number of nitrogens with zero attached hydrogens (tertiary/aromatic N) is 2. The summed E-state index contributed by atoms with van der Waals surface area (Å²) in [6.45, 7) is 2.12. The third-order valence-electron chi connectivity index (χ3n) is 3.57. The van der Waals surface area contributed by atoms with Crippen LogP contribution in [-0.2, 0) is 6.42 Å². The average Bonchev–Trinajstić information content (AvgIpc) is 3.29. The first-order valence-electron chi connectivity index (χ1n) is 6.69. The molecule has 0 aliphatic heterocycles. The highest BCUT2D eigenvalue weighted by molar-refractivity contribution is 5.85. The molecule has 100 valence electrons. The number of hydrogen-bond acceptors (Lipinski definition) is 4. The maximum atomic E-state index is 5.35. The standard InChI is InChI=1S/C15H18N2O2/c1-4-11-10-7-13(18-2)14(19-3)8-12(10)17-15(16-11)9-5-6-9/h7-9H,4-6H2,1-3H3. The Kier molecular flexibility index (Phi) is 3.01. The predicted octanol–water partition coefficient (Wildman–Crippen LogP) is 3.09. The van der Waals surface area contributed by atoms with Crippen LogP contribution in [0.4, 0.5) is 0 Å². The monoisotopic (exact) mass is 258 g/mol. The Morgan fingerprint density at radius 3 is 2.37 bits per heavy atom. The van der Waals surface area contributed by atoms with Crippen molar-refractivity contribution in [3.8, 4) is 11.5 Å². The number of rotatable bonds is 4. The van der Waals surface area contributed by atoms with Gasteiger partial charge in [0.25, 0.3) is 0 Å².